The largest absolute Gasteiger partial charge is 0.489 e. The van der Waals surface area contributed by atoms with E-state index in [1.807, 2.05) is 0 Å². The van der Waals surface area contributed by atoms with Gasteiger partial charge in [0.05, 0.1) is 5.56 Å². The van der Waals surface area contributed by atoms with Crippen LogP contribution in [0, 0.1) is 0 Å². The smallest absolute Gasteiger partial charge is 0.204 e. The molecule has 0 saturated carbocycles. The minimum atomic E-state index is -1.50. The molecule has 62 valence electrons. The highest BCUT2D eigenvalue weighted by Crippen LogP contribution is 2.24. The fourth-order valence-electron chi connectivity index (χ4n) is 1.20. The fraction of sp³-hybridized carbons (Fsp3) is 0.222. The van der Waals surface area contributed by atoms with E-state index in [1.54, 1.807) is 24.3 Å². The molecule has 0 bridgehead atoms. The molecule has 12 heavy (non-hydrogen) atoms. The highest BCUT2D eigenvalue weighted by atomic mass is 19.1. The first kappa shape index (κ1) is 7.28. The molecule has 0 radical (unpaired) electrons. The Bertz CT molecular complexity index is 322. The molecule has 0 aromatic heterocycles. The summed E-state index contributed by atoms with van der Waals surface area (Å²) in [6.07, 6.45) is -1.50. The van der Waals surface area contributed by atoms with Crippen LogP contribution in [0.15, 0.2) is 24.3 Å². The van der Waals surface area contributed by atoms with E-state index >= 15 is 0 Å². The summed E-state index contributed by atoms with van der Waals surface area (Å²) in [5.74, 6) is 0.00764. The summed E-state index contributed by atoms with van der Waals surface area (Å²) < 4.78 is 17.8. The van der Waals surface area contributed by atoms with Gasteiger partial charge < -0.3 is 4.74 Å². The van der Waals surface area contributed by atoms with Crippen molar-refractivity contribution in [1.29, 1.82) is 0 Å². The highest BCUT2D eigenvalue weighted by Gasteiger charge is 2.27. The van der Waals surface area contributed by atoms with E-state index in [0.717, 1.165) is 0 Å². The van der Waals surface area contributed by atoms with Crippen LogP contribution in [-0.2, 0) is 0 Å². The average Bonchev–Trinajstić information content (AvgIpc) is 2.12. The molecule has 1 atom stereocenters. The van der Waals surface area contributed by atoms with Crippen LogP contribution in [0.4, 0.5) is 4.39 Å². The van der Waals surface area contributed by atoms with Gasteiger partial charge in [0.15, 0.2) is 6.17 Å². The zero-order valence-electron chi connectivity index (χ0n) is 6.29. The van der Waals surface area contributed by atoms with Gasteiger partial charge >= 0.3 is 0 Å². The van der Waals surface area contributed by atoms with E-state index in [2.05, 4.69) is 0 Å². The van der Waals surface area contributed by atoms with E-state index in [-0.39, 0.29) is 6.61 Å². The molecule has 1 aliphatic heterocycles. The first-order chi connectivity index (χ1) is 5.79. The molecule has 3 heteroatoms. The van der Waals surface area contributed by atoms with Gasteiger partial charge in [-0.2, -0.15) is 0 Å². The molecule has 2 nitrogen and oxygen atoms in total. The molecule has 1 heterocycles. The molecule has 0 N–H and O–H groups in total. The second kappa shape index (κ2) is 2.59. The first-order valence-corrected chi connectivity index (χ1v) is 3.69. The van der Waals surface area contributed by atoms with Crippen LogP contribution in [0.5, 0.6) is 5.75 Å². The molecule has 0 aliphatic carbocycles. The SMILES string of the molecule is O=C1c2ccccc2OC[C@@H]1F. The van der Waals surface area contributed by atoms with E-state index in [0.29, 0.717) is 11.3 Å². The van der Waals surface area contributed by atoms with Crippen molar-refractivity contribution in [2.45, 2.75) is 6.17 Å². The summed E-state index contributed by atoms with van der Waals surface area (Å²) in [4.78, 5) is 11.2. The lowest BCUT2D eigenvalue weighted by Gasteiger charge is -2.18. The number of Topliss-reactive ketones (excluding diaryl/α,β-unsaturated/α-hetero) is 1. The second-order valence-corrected chi connectivity index (χ2v) is 2.64. The average molecular weight is 166 g/mol. The Kier molecular flexibility index (Phi) is 1.57. The first-order valence-electron chi connectivity index (χ1n) is 3.69. The lowest BCUT2D eigenvalue weighted by molar-refractivity contribution is 0.0764. The minimum absolute atomic E-state index is 0.157. The molecule has 0 amide bonds. The van der Waals surface area contributed by atoms with E-state index in [9.17, 15) is 9.18 Å². The van der Waals surface area contributed by atoms with Gasteiger partial charge in [-0.1, -0.05) is 12.1 Å². The van der Waals surface area contributed by atoms with Crippen LogP contribution in [0.2, 0.25) is 0 Å². The lowest BCUT2D eigenvalue weighted by Crippen LogP contribution is -2.28. The number of hydrogen-bond donors (Lipinski definition) is 0. The summed E-state index contributed by atoms with van der Waals surface area (Å²) >= 11 is 0. The van der Waals surface area contributed by atoms with Crippen molar-refractivity contribution < 1.29 is 13.9 Å². The summed E-state index contributed by atoms with van der Waals surface area (Å²) in [5.41, 5.74) is 0.344. The molecular formula is C9H7FO2. The Morgan fingerprint density at radius 2 is 2.17 bits per heavy atom. The molecule has 0 spiro atoms. The van der Waals surface area contributed by atoms with Crippen molar-refractivity contribution in [2.75, 3.05) is 6.61 Å². The number of carbonyl (C=O) groups is 1. The maximum absolute atomic E-state index is 12.8. The number of rotatable bonds is 0. The van der Waals surface area contributed by atoms with Crippen molar-refractivity contribution in [3.05, 3.63) is 29.8 Å². The fourth-order valence-corrected chi connectivity index (χ4v) is 1.20. The summed E-state index contributed by atoms with van der Waals surface area (Å²) in [5, 5.41) is 0. The van der Waals surface area contributed by atoms with Crippen LogP contribution >= 0.6 is 0 Å². The quantitative estimate of drug-likeness (QED) is 0.585. The van der Waals surface area contributed by atoms with Crippen LogP contribution in [-0.4, -0.2) is 18.6 Å². The Hall–Kier alpha value is -1.38. The maximum Gasteiger partial charge on any atom is 0.204 e. The number of para-hydroxylation sites is 1. The van der Waals surface area contributed by atoms with Gasteiger partial charge in [0.1, 0.15) is 12.4 Å². The third-order valence-corrected chi connectivity index (χ3v) is 1.82. The van der Waals surface area contributed by atoms with Gasteiger partial charge in [-0.25, -0.2) is 4.39 Å². The monoisotopic (exact) mass is 166 g/mol. The lowest BCUT2D eigenvalue weighted by atomic mass is 10.0. The molecule has 1 aliphatic rings. The Morgan fingerprint density at radius 1 is 1.42 bits per heavy atom. The van der Waals surface area contributed by atoms with E-state index in [1.165, 1.54) is 0 Å². The predicted octanol–water partition coefficient (Wildman–Crippen LogP) is 1.60. The van der Waals surface area contributed by atoms with Gasteiger partial charge in [0, 0.05) is 0 Å². The molecule has 0 saturated heterocycles. The normalized spacial score (nSPS) is 21.4. The zero-order valence-corrected chi connectivity index (χ0v) is 6.29. The van der Waals surface area contributed by atoms with Crippen LogP contribution in [0.25, 0.3) is 0 Å². The summed E-state index contributed by atoms with van der Waals surface area (Å²) in [6.45, 7) is -0.157. The van der Waals surface area contributed by atoms with Crippen molar-refractivity contribution in [3.8, 4) is 5.75 Å². The van der Waals surface area contributed by atoms with Crippen molar-refractivity contribution in [1.82, 2.24) is 0 Å². The Balaban J connectivity index is 2.49. The molecule has 0 unspecified atom stereocenters. The third kappa shape index (κ3) is 0.978. The number of halogens is 1. The predicted molar refractivity (Wildman–Crippen MR) is 41.2 cm³/mol. The number of hydrogen-bond acceptors (Lipinski definition) is 2. The Morgan fingerprint density at radius 3 is 3.00 bits per heavy atom. The number of carbonyl (C=O) groups excluding carboxylic acids is 1. The van der Waals surface area contributed by atoms with Crippen LogP contribution in [0.1, 0.15) is 10.4 Å². The third-order valence-electron chi connectivity index (χ3n) is 1.82. The topological polar surface area (TPSA) is 26.3 Å². The molecule has 2 rings (SSSR count). The molecule has 1 aromatic carbocycles. The summed E-state index contributed by atoms with van der Waals surface area (Å²) in [6, 6.07) is 6.69. The number of benzene rings is 1. The summed E-state index contributed by atoms with van der Waals surface area (Å²) in [7, 11) is 0. The number of ether oxygens (including phenoxy) is 1. The number of ketones is 1. The number of alkyl halides is 1. The second-order valence-electron chi connectivity index (χ2n) is 2.64. The van der Waals surface area contributed by atoms with Gasteiger partial charge in [-0.05, 0) is 12.1 Å². The van der Waals surface area contributed by atoms with E-state index in [4.69, 9.17) is 4.74 Å². The maximum atomic E-state index is 12.8. The van der Waals surface area contributed by atoms with Crippen molar-refractivity contribution in [2.24, 2.45) is 0 Å². The molecule has 0 fully saturated rings. The van der Waals surface area contributed by atoms with Crippen molar-refractivity contribution >= 4 is 5.78 Å². The minimum Gasteiger partial charge on any atom is -0.489 e. The Labute approximate surface area is 69.0 Å². The highest BCUT2D eigenvalue weighted by molar-refractivity contribution is 6.02. The number of fused-ring (bicyclic) bond motifs is 1. The van der Waals surface area contributed by atoms with Gasteiger partial charge in [0.25, 0.3) is 0 Å². The van der Waals surface area contributed by atoms with Gasteiger partial charge in [-0.15, -0.1) is 0 Å². The standard InChI is InChI=1S/C9H7FO2/c10-7-5-12-8-4-2-1-3-6(8)9(7)11/h1-4,7H,5H2/t7-/m0/s1. The molecule has 1 aromatic rings. The van der Waals surface area contributed by atoms with E-state index < -0.39 is 12.0 Å². The molecular weight excluding hydrogens is 159 g/mol. The van der Waals surface area contributed by atoms with Gasteiger partial charge in [0.2, 0.25) is 5.78 Å². The van der Waals surface area contributed by atoms with Crippen LogP contribution in [0.3, 0.4) is 0 Å². The van der Waals surface area contributed by atoms with Crippen LogP contribution < -0.4 is 4.74 Å². The van der Waals surface area contributed by atoms with Crippen molar-refractivity contribution in [3.63, 3.8) is 0 Å². The van der Waals surface area contributed by atoms with Gasteiger partial charge in [-0.3, -0.25) is 4.79 Å². The zero-order chi connectivity index (χ0) is 8.55.